The van der Waals surface area contributed by atoms with Gasteiger partial charge in [-0.3, -0.25) is 9.59 Å². The van der Waals surface area contributed by atoms with Gasteiger partial charge in [-0.25, -0.2) is 0 Å². The van der Waals surface area contributed by atoms with Gasteiger partial charge in [0.05, 0.1) is 19.3 Å². The second kappa shape index (κ2) is 7.11. The molecule has 1 fully saturated rings. The van der Waals surface area contributed by atoms with Crippen molar-refractivity contribution in [2.45, 2.75) is 45.2 Å². The number of carbonyl (C=O) groups excluding carboxylic acids is 2. The molecule has 2 heterocycles. The predicted molar refractivity (Wildman–Crippen MR) is 89.0 cm³/mol. The summed E-state index contributed by atoms with van der Waals surface area (Å²) in [4.78, 5) is 25.8. The summed E-state index contributed by atoms with van der Waals surface area (Å²) >= 11 is 0. The average molecular weight is 332 g/mol. The van der Waals surface area contributed by atoms with E-state index in [0.29, 0.717) is 19.8 Å². The molecule has 130 valence electrons. The highest BCUT2D eigenvalue weighted by Crippen LogP contribution is 2.32. The minimum atomic E-state index is -0.356. The molecule has 24 heavy (non-hydrogen) atoms. The second-order valence-electron chi connectivity index (χ2n) is 6.36. The molecule has 3 rings (SSSR count). The Labute approximate surface area is 142 Å². The van der Waals surface area contributed by atoms with Gasteiger partial charge >= 0.3 is 0 Å². The highest BCUT2D eigenvalue weighted by Gasteiger charge is 2.33. The van der Waals surface area contributed by atoms with Crippen LogP contribution in [-0.4, -0.2) is 42.5 Å². The first kappa shape index (κ1) is 16.6. The topological polar surface area (TPSA) is 67.9 Å². The SMILES string of the molecule is CC(=O)N1CCC[C@H]1C(=O)N[C@@H](C)c1ccc2c(c1)OCCCO2. The van der Waals surface area contributed by atoms with Crippen molar-refractivity contribution in [3.8, 4) is 11.5 Å². The Hall–Kier alpha value is -2.24. The van der Waals surface area contributed by atoms with E-state index in [1.165, 1.54) is 6.92 Å². The van der Waals surface area contributed by atoms with Crippen LogP contribution in [0.2, 0.25) is 0 Å². The van der Waals surface area contributed by atoms with Crippen molar-refractivity contribution < 1.29 is 19.1 Å². The van der Waals surface area contributed by atoms with Gasteiger partial charge in [0.15, 0.2) is 11.5 Å². The highest BCUT2D eigenvalue weighted by atomic mass is 16.5. The van der Waals surface area contributed by atoms with E-state index in [-0.39, 0.29) is 23.9 Å². The lowest BCUT2D eigenvalue weighted by Gasteiger charge is -2.24. The van der Waals surface area contributed by atoms with E-state index in [4.69, 9.17) is 9.47 Å². The third-order valence-corrected chi connectivity index (χ3v) is 4.59. The fourth-order valence-corrected chi connectivity index (χ4v) is 3.26. The Morgan fingerprint density at radius 3 is 2.71 bits per heavy atom. The molecule has 0 bridgehead atoms. The smallest absolute Gasteiger partial charge is 0.243 e. The van der Waals surface area contributed by atoms with Crippen LogP contribution < -0.4 is 14.8 Å². The molecule has 2 atom stereocenters. The fraction of sp³-hybridized carbons (Fsp3) is 0.556. The summed E-state index contributed by atoms with van der Waals surface area (Å²) in [5, 5.41) is 3.02. The molecule has 0 saturated carbocycles. The monoisotopic (exact) mass is 332 g/mol. The summed E-state index contributed by atoms with van der Waals surface area (Å²) in [7, 11) is 0. The van der Waals surface area contributed by atoms with Crippen molar-refractivity contribution in [1.29, 1.82) is 0 Å². The van der Waals surface area contributed by atoms with Gasteiger partial charge in [0, 0.05) is 19.9 Å². The van der Waals surface area contributed by atoms with Gasteiger partial charge < -0.3 is 19.7 Å². The minimum Gasteiger partial charge on any atom is -0.490 e. The maximum atomic E-state index is 12.5. The Kier molecular flexibility index (Phi) is 4.92. The van der Waals surface area contributed by atoms with Gasteiger partial charge in [0.25, 0.3) is 0 Å². The molecule has 2 aliphatic rings. The van der Waals surface area contributed by atoms with Crippen LogP contribution in [0.3, 0.4) is 0 Å². The third-order valence-electron chi connectivity index (χ3n) is 4.59. The number of ether oxygens (including phenoxy) is 2. The van der Waals surface area contributed by atoms with E-state index in [9.17, 15) is 9.59 Å². The lowest BCUT2D eigenvalue weighted by molar-refractivity contribution is -0.137. The number of likely N-dealkylation sites (tertiary alicyclic amines) is 1. The van der Waals surface area contributed by atoms with Crippen molar-refractivity contribution >= 4 is 11.8 Å². The van der Waals surface area contributed by atoms with Gasteiger partial charge in [-0.2, -0.15) is 0 Å². The highest BCUT2D eigenvalue weighted by molar-refractivity contribution is 5.87. The zero-order valence-corrected chi connectivity index (χ0v) is 14.2. The third kappa shape index (κ3) is 3.47. The molecule has 1 saturated heterocycles. The lowest BCUT2D eigenvalue weighted by atomic mass is 10.1. The molecule has 0 aromatic heterocycles. The molecule has 0 unspecified atom stereocenters. The summed E-state index contributed by atoms with van der Waals surface area (Å²) in [6.07, 6.45) is 2.45. The number of amides is 2. The number of rotatable bonds is 3. The van der Waals surface area contributed by atoms with E-state index >= 15 is 0 Å². The van der Waals surface area contributed by atoms with E-state index in [1.54, 1.807) is 4.90 Å². The van der Waals surface area contributed by atoms with Gasteiger partial charge in [-0.1, -0.05) is 6.07 Å². The Morgan fingerprint density at radius 1 is 1.21 bits per heavy atom. The molecule has 1 aromatic carbocycles. The molecule has 1 N–H and O–H groups in total. The first-order valence-corrected chi connectivity index (χ1v) is 8.53. The van der Waals surface area contributed by atoms with Crippen LogP contribution in [0.25, 0.3) is 0 Å². The van der Waals surface area contributed by atoms with Crippen LogP contribution >= 0.6 is 0 Å². The van der Waals surface area contributed by atoms with E-state index in [1.807, 2.05) is 25.1 Å². The Bertz CT molecular complexity index is 631. The second-order valence-corrected chi connectivity index (χ2v) is 6.36. The molecule has 1 aromatic rings. The molecule has 6 heteroatoms. The van der Waals surface area contributed by atoms with Gasteiger partial charge in [-0.05, 0) is 37.5 Å². The largest absolute Gasteiger partial charge is 0.490 e. The molecule has 2 amide bonds. The summed E-state index contributed by atoms with van der Waals surface area (Å²) in [6.45, 7) is 5.39. The average Bonchev–Trinajstić information content (AvgIpc) is 2.94. The van der Waals surface area contributed by atoms with E-state index in [0.717, 1.165) is 36.3 Å². The van der Waals surface area contributed by atoms with Gasteiger partial charge in [0.1, 0.15) is 6.04 Å². The zero-order valence-electron chi connectivity index (χ0n) is 14.2. The van der Waals surface area contributed by atoms with Crippen LogP contribution in [-0.2, 0) is 9.59 Å². The van der Waals surface area contributed by atoms with E-state index in [2.05, 4.69) is 5.32 Å². The zero-order chi connectivity index (χ0) is 17.1. The van der Waals surface area contributed by atoms with Crippen LogP contribution in [0.1, 0.15) is 44.7 Å². The maximum Gasteiger partial charge on any atom is 0.243 e. The summed E-state index contributed by atoms with van der Waals surface area (Å²) < 4.78 is 11.3. The molecular formula is C18H24N2O4. The quantitative estimate of drug-likeness (QED) is 0.920. The summed E-state index contributed by atoms with van der Waals surface area (Å²) in [5.41, 5.74) is 0.958. The number of fused-ring (bicyclic) bond motifs is 1. The van der Waals surface area contributed by atoms with Crippen LogP contribution in [0.4, 0.5) is 0 Å². The first-order valence-electron chi connectivity index (χ1n) is 8.53. The molecule has 6 nitrogen and oxygen atoms in total. The van der Waals surface area contributed by atoms with Gasteiger partial charge in [0.2, 0.25) is 11.8 Å². The van der Waals surface area contributed by atoms with Crippen molar-refractivity contribution in [2.75, 3.05) is 19.8 Å². The maximum absolute atomic E-state index is 12.5. The van der Waals surface area contributed by atoms with E-state index < -0.39 is 0 Å². The van der Waals surface area contributed by atoms with Gasteiger partial charge in [-0.15, -0.1) is 0 Å². The van der Waals surface area contributed by atoms with Crippen molar-refractivity contribution in [2.24, 2.45) is 0 Å². The van der Waals surface area contributed by atoms with Crippen LogP contribution in [0, 0.1) is 0 Å². The van der Waals surface area contributed by atoms with Crippen LogP contribution in [0.5, 0.6) is 11.5 Å². The number of carbonyl (C=O) groups is 2. The van der Waals surface area contributed by atoms with Crippen molar-refractivity contribution in [3.63, 3.8) is 0 Å². The standard InChI is InChI=1S/C18H24N2O4/c1-12(19-18(22)15-5-3-8-20(15)13(2)21)14-6-7-16-17(11-14)24-10-4-9-23-16/h6-7,11-12,15H,3-5,8-10H2,1-2H3,(H,19,22)/t12-,15-/m0/s1. The summed E-state index contributed by atoms with van der Waals surface area (Å²) in [6, 6.07) is 5.23. The van der Waals surface area contributed by atoms with Crippen LogP contribution in [0.15, 0.2) is 18.2 Å². The minimum absolute atomic E-state index is 0.0455. The van der Waals surface area contributed by atoms with Crippen molar-refractivity contribution in [3.05, 3.63) is 23.8 Å². The predicted octanol–water partition coefficient (Wildman–Crippen LogP) is 2.04. The lowest BCUT2D eigenvalue weighted by Crippen LogP contribution is -2.45. The molecule has 0 radical (unpaired) electrons. The molecule has 2 aliphatic heterocycles. The normalized spacial score (nSPS) is 21.1. The summed E-state index contributed by atoms with van der Waals surface area (Å²) in [5.74, 6) is 1.32. The number of benzene rings is 1. The molecule has 0 aliphatic carbocycles. The Balaban J connectivity index is 1.68. The number of nitrogens with zero attached hydrogens (tertiary/aromatic N) is 1. The number of hydrogen-bond donors (Lipinski definition) is 1. The first-order chi connectivity index (χ1) is 11.6. The van der Waals surface area contributed by atoms with Crippen molar-refractivity contribution in [1.82, 2.24) is 10.2 Å². The number of hydrogen-bond acceptors (Lipinski definition) is 4. The fourth-order valence-electron chi connectivity index (χ4n) is 3.26. The molecule has 0 spiro atoms. The Morgan fingerprint density at radius 2 is 1.96 bits per heavy atom. The molecular weight excluding hydrogens is 308 g/mol. The number of nitrogens with one attached hydrogen (secondary N) is 1.